The summed E-state index contributed by atoms with van der Waals surface area (Å²) in [6.45, 7) is 1.50. The summed E-state index contributed by atoms with van der Waals surface area (Å²) in [7, 11) is 1.75. The molecule has 0 amide bonds. The topological polar surface area (TPSA) is 152 Å². The van der Waals surface area contributed by atoms with E-state index in [1.54, 1.807) is 25.9 Å². The molecule has 3 aromatic rings. The number of benzene rings is 1. The molecule has 1 aromatic carbocycles. The summed E-state index contributed by atoms with van der Waals surface area (Å²) in [6.07, 6.45) is 8.18. The van der Waals surface area contributed by atoms with Gasteiger partial charge in [0.1, 0.15) is 28.0 Å². The highest BCUT2D eigenvalue weighted by Gasteiger charge is 2.52. The minimum absolute atomic E-state index is 0.00711. The van der Waals surface area contributed by atoms with Crippen molar-refractivity contribution in [1.29, 1.82) is 5.41 Å². The molecular weight excluding hydrogens is 703 g/mol. The smallest absolute Gasteiger partial charge is 0.388 e. The van der Waals surface area contributed by atoms with Gasteiger partial charge < -0.3 is 40.1 Å². The van der Waals surface area contributed by atoms with Gasteiger partial charge in [0, 0.05) is 54.2 Å². The van der Waals surface area contributed by atoms with Gasteiger partial charge in [-0.15, -0.1) is 0 Å². The van der Waals surface area contributed by atoms with Crippen LogP contribution in [0.25, 0.3) is 22.2 Å². The Hall–Kier alpha value is -3.50. The second-order valence-corrected chi connectivity index (χ2v) is 15.3. The van der Waals surface area contributed by atoms with Crippen molar-refractivity contribution in [2.75, 3.05) is 57.2 Å². The first-order chi connectivity index (χ1) is 24.8. The minimum Gasteiger partial charge on any atom is -0.463 e. The Morgan fingerprint density at radius 3 is 2.71 bits per heavy atom. The lowest BCUT2D eigenvalue weighted by molar-refractivity contribution is -0.0845. The van der Waals surface area contributed by atoms with E-state index < -0.39 is 35.1 Å². The van der Waals surface area contributed by atoms with Gasteiger partial charge in [0.15, 0.2) is 5.82 Å². The SMILES string of the molecule is COC1CC(N2CCCC3(COc4nc(N5CCOCC(C)(O)C5)c5c(OC(F)F)nc(-c6c(Cl)c(C)cc(N)c6C=N)c(F)c5n4)CCCC23)C1. The first-order valence-corrected chi connectivity index (χ1v) is 18.1. The minimum atomic E-state index is -3.35. The molecule has 0 spiro atoms. The van der Waals surface area contributed by atoms with Crippen molar-refractivity contribution in [3.8, 4) is 23.1 Å². The van der Waals surface area contributed by atoms with E-state index in [4.69, 9.17) is 46.7 Å². The Bertz CT molecular complexity index is 1850. The standard InChI is InChI=1S/C36H45ClF3N7O5/c1-19-12-23(42)22(15-41)25(27(19)37)29-28(38)30-26(32(43-29)52-33(39)40)31(46-10-11-50-17-35(2,48)16-46)45-34(44-30)51-18-36-7-4-6-24(36)47(9-5-8-36)20-13-21(14-20)49-3/h12,15,20-21,24,33,41,48H,4-11,13-14,16-18,42H2,1-3H3. The molecule has 16 heteroatoms. The van der Waals surface area contributed by atoms with Crippen LogP contribution >= 0.6 is 11.6 Å². The van der Waals surface area contributed by atoms with Crippen molar-refractivity contribution in [1.82, 2.24) is 19.9 Å². The third kappa shape index (κ3) is 6.74. The molecule has 2 saturated carbocycles. The van der Waals surface area contributed by atoms with Crippen LogP contribution in [0, 0.1) is 23.6 Å². The number of hydrogen-bond acceptors (Lipinski definition) is 12. The molecule has 4 aliphatic rings. The number of hydrogen-bond donors (Lipinski definition) is 3. The summed E-state index contributed by atoms with van der Waals surface area (Å²) < 4.78 is 67.9. The lowest BCUT2D eigenvalue weighted by Crippen LogP contribution is -2.59. The first-order valence-electron chi connectivity index (χ1n) is 17.8. The zero-order valence-electron chi connectivity index (χ0n) is 29.6. The highest BCUT2D eigenvalue weighted by molar-refractivity contribution is 6.35. The van der Waals surface area contributed by atoms with E-state index in [0.29, 0.717) is 17.6 Å². The van der Waals surface area contributed by atoms with Crippen LogP contribution in [0.5, 0.6) is 11.9 Å². The number of nitrogens with zero attached hydrogens (tertiary/aromatic N) is 5. The molecule has 282 valence electrons. The van der Waals surface area contributed by atoms with Gasteiger partial charge in [-0.1, -0.05) is 18.0 Å². The van der Waals surface area contributed by atoms with Gasteiger partial charge in [0.25, 0.3) is 0 Å². The number of pyridine rings is 1. The summed E-state index contributed by atoms with van der Waals surface area (Å²) >= 11 is 6.68. The van der Waals surface area contributed by atoms with Gasteiger partial charge in [-0.3, -0.25) is 4.90 Å². The Morgan fingerprint density at radius 1 is 1.21 bits per heavy atom. The van der Waals surface area contributed by atoms with Crippen LogP contribution in [0.1, 0.15) is 63.0 Å². The number of alkyl halides is 2. The van der Waals surface area contributed by atoms with Gasteiger partial charge in [-0.25, -0.2) is 9.37 Å². The summed E-state index contributed by atoms with van der Waals surface area (Å²) in [4.78, 5) is 17.7. The highest BCUT2D eigenvalue weighted by Crippen LogP contribution is 2.51. The van der Waals surface area contributed by atoms with Crippen molar-refractivity contribution >= 4 is 40.2 Å². The van der Waals surface area contributed by atoms with E-state index in [9.17, 15) is 13.9 Å². The van der Waals surface area contributed by atoms with Crippen molar-refractivity contribution in [3.63, 3.8) is 0 Å². The second-order valence-electron chi connectivity index (χ2n) is 14.9. The molecule has 4 fully saturated rings. The quantitative estimate of drug-likeness (QED) is 0.172. The number of likely N-dealkylation sites (tertiary alicyclic amines) is 1. The zero-order valence-corrected chi connectivity index (χ0v) is 30.3. The number of fused-ring (bicyclic) bond motifs is 2. The normalized spacial score (nSPS) is 28.1. The maximum Gasteiger partial charge on any atom is 0.388 e. The summed E-state index contributed by atoms with van der Waals surface area (Å²) in [5, 5.41) is 18.9. The largest absolute Gasteiger partial charge is 0.463 e. The van der Waals surface area contributed by atoms with Crippen LogP contribution in [-0.4, -0.2) is 108 Å². The molecule has 3 atom stereocenters. The number of nitrogen functional groups attached to an aromatic ring is 1. The van der Waals surface area contributed by atoms with Crippen molar-refractivity contribution in [2.45, 2.75) is 89.2 Å². The molecule has 7 rings (SSSR count). The maximum atomic E-state index is 17.1. The Kier molecular flexibility index (Phi) is 10.2. The molecular formula is C36H45ClF3N7O5. The number of piperidine rings is 1. The predicted molar refractivity (Wildman–Crippen MR) is 190 cm³/mol. The average molecular weight is 748 g/mol. The maximum absolute atomic E-state index is 17.1. The van der Waals surface area contributed by atoms with Gasteiger partial charge in [-0.05, 0) is 70.5 Å². The lowest BCUT2D eigenvalue weighted by atomic mass is 9.73. The van der Waals surface area contributed by atoms with E-state index in [-0.39, 0.29) is 83.5 Å². The monoisotopic (exact) mass is 747 g/mol. The Morgan fingerprint density at radius 2 is 1.98 bits per heavy atom. The zero-order chi connectivity index (χ0) is 36.9. The van der Waals surface area contributed by atoms with Crippen molar-refractivity contribution in [2.24, 2.45) is 5.41 Å². The number of β-amino-alcohol motifs (C(OH)–C–C–N with tert-alkyl or cyclic N) is 1. The summed E-state index contributed by atoms with van der Waals surface area (Å²) in [5.74, 6) is -1.68. The molecule has 2 aliphatic carbocycles. The summed E-state index contributed by atoms with van der Waals surface area (Å²) in [6, 6.07) is 2.13. The van der Waals surface area contributed by atoms with E-state index in [2.05, 4.69) is 14.9 Å². The number of aromatic nitrogens is 3. The summed E-state index contributed by atoms with van der Waals surface area (Å²) in [5.41, 5.74) is 4.36. The van der Waals surface area contributed by atoms with Crippen LogP contribution < -0.4 is 20.1 Å². The number of aliphatic hydroxyl groups is 1. The molecule has 2 aromatic heterocycles. The first kappa shape index (κ1) is 36.8. The van der Waals surface area contributed by atoms with E-state index in [1.165, 1.54) is 6.07 Å². The number of rotatable bonds is 10. The molecule has 4 heterocycles. The molecule has 0 radical (unpaired) electrons. The third-order valence-corrected chi connectivity index (χ3v) is 11.8. The van der Waals surface area contributed by atoms with Crippen LogP contribution in [0.15, 0.2) is 6.07 Å². The number of nitrogens with one attached hydrogen (secondary N) is 1. The number of ether oxygens (including phenoxy) is 4. The van der Waals surface area contributed by atoms with Crippen molar-refractivity contribution in [3.05, 3.63) is 28.0 Å². The molecule has 52 heavy (non-hydrogen) atoms. The predicted octanol–water partition coefficient (Wildman–Crippen LogP) is 5.75. The average Bonchev–Trinajstić information content (AvgIpc) is 3.43. The number of anilines is 2. The molecule has 0 bridgehead atoms. The van der Waals surface area contributed by atoms with Gasteiger partial charge in [0.05, 0.1) is 37.5 Å². The molecule has 12 nitrogen and oxygen atoms in total. The molecule has 4 N–H and O–H groups in total. The fourth-order valence-electron chi connectivity index (χ4n) is 8.72. The van der Waals surface area contributed by atoms with E-state index in [1.807, 2.05) is 0 Å². The number of nitrogens with two attached hydrogens (primary N) is 1. The van der Waals surface area contributed by atoms with E-state index in [0.717, 1.165) is 57.7 Å². The molecule has 2 aliphatic heterocycles. The number of aryl methyl sites for hydroxylation is 1. The molecule has 2 saturated heterocycles. The van der Waals surface area contributed by atoms with Crippen LogP contribution in [0.2, 0.25) is 5.02 Å². The highest BCUT2D eigenvalue weighted by atomic mass is 35.5. The fraction of sp³-hybridized carbons (Fsp3) is 0.611. The van der Waals surface area contributed by atoms with Gasteiger partial charge in [-0.2, -0.15) is 18.7 Å². The van der Waals surface area contributed by atoms with Crippen LogP contribution in [0.3, 0.4) is 0 Å². The lowest BCUT2D eigenvalue weighted by Gasteiger charge is -2.53. The van der Waals surface area contributed by atoms with E-state index >= 15 is 4.39 Å². The Balaban J connectivity index is 1.37. The van der Waals surface area contributed by atoms with Crippen molar-refractivity contribution < 1.29 is 37.2 Å². The van der Waals surface area contributed by atoms with Crippen LogP contribution in [0.4, 0.5) is 24.7 Å². The third-order valence-electron chi connectivity index (χ3n) is 11.3. The van der Waals surface area contributed by atoms with Gasteiger partial charge >= 0.3 is 12.6 Å². The second kappa shape index (κ2) is 14.4. The molecule has 3 unspecified atom stereocenters. The van der Waals surface area contributed by atoms with Gasteiger partial charge in [0.2, 0.25) is 5.88 Å². The van der Waals surface area contributed by atoms with Crippen LogP contribution in [-0.2, 0) is 9.47 Å². The number of methoxy groups -OCH3 is 1. The Labute approximate surface area is 305 Å². The number of halogens is 4. The fourth-order valence-corrected chi connectivity index (χ4v) is 8.97.